The van der Waals surface area contributed by atoms with E-state index < -0.39 is 0 Å². The maximum atomic E-state index is 8.73. The molecule has 0 bridgehead atoms. The molecule has 1 aromatic carbocycles. The molecule has 96 valence electrons. The van der Waals surface area contributed by atoms with Crippen molar-refractivity contribution < 1.29 is 0 Å². The number of nitrogens with zero attached hydrogens (tertiary/aromatic N) is 3. The molecule has 0 unspecified atom stereocenters. The third-order valence-electron chi connectivity index (χ3n) is 2.80. The van der Waals surface area contributed by atoms with Crippen molar-refractivity contribution in [2.45, 2.75) is 0 Å². The molecule has 0 spiro atoms. The average molecular weight is 281 g/mol. The van der Waals surface area contributed by atoms with Gasteiger partial charge in [0, 0.05) is 16.6 Å². The van der Waals surface area contributed by atoms with Crippen LogP contribution in [0.5, 0.6) is 0 Å². The highest BCUT2D eigenvalue weighted by atomic mass is 35.5. The van der Waals surface area contributed by atoms with Gasteiger partial charge in [0.25, 0.3) is 0 Å². The fourth-order valence-electron chi connectivity index (χ4n) is 1.83. The molecule has 3 rings (SSSR count). The van der Waals surface area contributed by atoms with Gasteiger partial charge in [-0.3, -0.25) is 0 Å². The number of nitrogens with one attached hydrogen (secondary N) is 1. The van der Waals surface area contributed by atoms with E-state index in [4.69, 9.17) is 16.9 Å². The zero-order valence-electron chi connectivity index (χ0n) is 10.3. The smallest absolute Gasteiger partial charge is 0.132 e. The summed E-state index contributed by atoms with van der Waals surface area (Å²) < 4.78 is 0. The van der Waals surface area contributed by atoms with Crippen molar-refractivity contribution in [3.05, 3.63) is 59.2 Å². The molecule has 0 atom stereocenters. The Morgan fingerprint density at radius 3 is 2.65 bits per heavy atom. The summed E-state index contributed by atoms with van der Waals surface area (Å²) in [6, 6.07) is 14.8. The predicted molar refractivity (Wildman–Crippen MR) is 79.0 cm³/mol. The zero-order valence-corrected chi connectivity index (χ0v) is 11.1. The van der Waals surface area contributed by atoms with E-state index in [1.165, 1.54) is 6.20 Å². The van der Waals surface area contributed by atoms with Crippen molar-refractivity contribution in [1.82, 2.24) is 9.97 Å². The number of nitriles is 1. The van der Waals surface area contributed by atoms with Gasteiger partial charge < -0.3 is 5.32 Å². The molecular formula is C15H9ClN4. The van der Waals surface area contributed by atoms with Crippen LogP contribution in [0.3, 0.4) is 0 Å². The van der Waals surface area contributed by atoms with E-state index in [0.29, 0.717) is 22.2 Å². The summed E-state index contributed by atoms with van der Waals surface area (Å²) in [6.07, 6.45) is 1.52. The average Bonchev–Trinajstić information content (AvgIpc) is 2.48. The van der Waals surface area contributed by atoms with Gasteiger partial charge in [-0.05, 0) is 42.5 Å². The van der Waals surface area contributed by atoms with Crippen molar-refractivity contribution in [2.75, 3.05) is 5.32 Å². The maximum absolute atomic E-state index is 8.73. The van der Waals surface area contributed by atoms with Crippen LogP contribution in [0.1, 0.15) is 5.56 Å². The minimum atomic E-state index is 0.525. The largest absolute Gasteiger partial charge is 0.325 e. The number of halogens is 1. The SMILES string of the molecule is N#Cc1ccc(Nc2ccc3cc(Cl)ccc3n2)nc1. The van der Waals surface area contributed by atoms with Gasteiger partial charge in [-0.25, -0.2) is 9.97 Å². The Balaban J connectivity index is 1.90. The molecule has 4 nitrogen and oxygen atoms in total. The Morgan fingerprint density at radius 2 is 1.90 bits per heavy atom. The molecule has 0 aliphatic rings. The summed E-state index contributed by atoms with van der Waals surface area (Å²) in [6.45, 7) is 0. The second-order valence-electron chi connectivity index (χ2n) is 4.20. The van der Waals surface area contributed by atoms with Crippen molar-refractivity contribution in [3.63, 3.8) is 0 Å². The van der Waals surface area contributed by atoms with E-state index in [1.807, 2.05) is 30.3 Å². The van der Waals surface area contributed by atoms with Gasteiger partial charge in [-0.15, -0.1) is 0 Å². The van der Waals surface area contributed by atoms with Gasteiger partial charge in [0.2, 0.25) is 0 Å². The molecule has 3 aromatic rings. The van der Waals surface area contributed by atoms with Crippen LogP contribution in [0.15, 0.2) is 48.7 Å². The molecule has 0 fully saturated rings. The van der Waals surface area contributed by atoms with Crippen LogP contribution < -0.4 is 5.32 Å². The van der Waals surface area contributed by atoms with E-state index in [1.54, 1.807) is 18.2 Å². The molecule has 0 amide bonds. The summed E-state index contributed by atoms with van der Waals surface area (Å²) in [5.41, 5.74) is 1.38. The lowest BCUT2D eigenvalue weighted by Gasteiger charge is -2.06. The molecule has 0 saturated heterocycles. The third-order valence-corrected chi connectivity index (χ3v) is 3.04. The quantitative estimate of drug-likeness (QED) is 0.773. The topological polar surface area (TPSA) is 61.6 Å². The Kier molecular flexibility index (Phi) is 3.20. The number of fused-ring (bicyclic) bond motifs is 1. The Bertz CT molecular complexity index is 806. The Labute approximate surface area is 120 Å². The Morgan fingerprint density at radius 1 is 1.05 bits per heavy atom. The normalized spacial score (nSPS) is 10.2. The summed E-state index contributed by atoms with van der Waals surface area (Å²) in [5, 5.41) is 13.5. The number of benzene rings is 1. The number of aromatic nitrogens is 2. The van der Waals surface area contributed by atoms with Crippen LogP contribution in [-0.2, 0) is 0 Å². The van der Waals surface area contributed by atoms with Crippen LogP contribution in [0, 0.1) is 11.3 Å². The van der Waals surface area contributed by atoms with Crippen LogP contribution >= 0.6 is 11.6 Å². The summed E-state index contributed by atoms with van der Waals surface area (Å²) in [7, 11) is 0. The van der Waals surface area contributed by atoms with E-state index in [-0.39, 0.29) is 0 Å². The van der Waals surface area contributed by atoms with Crippen molar-refractivity contribution >= 4 is 34.1 Å². The summed E-state index contributed by atoms with van der Waals surface area (Å²) in [5.74, 6) is 1.34. The van der Waals surface area contributed by atoms with Crippen LogP contribution in [0.2, 0.25) is 5.02 Å². The highest BCUT2D eigenvalue weighted by Gasteiger charge is 2.01. The number of rotatable bonds is 2. The number of hydrogen-bond acceptors (Lipinski definition) is 4. The summed E-state index contributed by atoms with van der Waals surface area (Å²) in [4.78, 5) is 8.62. The van der Waals surface area contributed by atoms with E-state index >= 15 is 0 Å². The maximum Gasteiger partial charge on any atom is 0.132 e. The highest BCUT2D eigenvalue weighted by Crippen LogP contribution is 2.21. The third kappa shape index (κ3) is 2.53. The molecule has 0 aliphatic carbocycles. The number of pyridine rings is 2. The minimum Gasteiger partial charge on any atom is -0.325 e. The molecule has 0 saturated carbocycles. The van der Waals surface area contributed by atoms with E-state index in [9.17, 15) is 0 Å². The standard InChI is InChI=1S/C15H9ClN4/c16-12-3-4-13-11(7-12)2-6-15(19-13)20-14-5-1-10(8-17)9-18-14/h1-7,9H,(H,18,19,20). The second kappa shape index (κ2) is 5.16. The molecule has 2 aromatic heterocycles. The minimum absolute atomic E-state index is 0.525. The van der Waals surface area contributed by atoms with Gasteiger partial charge in [0.05, 0.1) is 11.1 Å². The molecule has 1 N–H and O–H groups in total. The van der Waals surface area contributed by atoms with E-state index in [2.05, 4.69) is 15.3 Å². The first-order chi connectivity index (χ1) is 9.74. The lowest BCUT2D eigenvalue weighted by Crippen LogP contribution is -1.96. The molecule has 20 heavy (non-hydrogen) atoms. The van der Waals surface area contributed by atoms with Gasteiger partial charge in [-0.2, -0.15) is 5.26 Å². The molecular weight excluding hydrogens is 272 g/mol. The first-order valence-electron chi connectivity index (χ1n) is 5.94. The molecule has 0 radical (unpaired) electrons. The lowest BCUT2D eigenvalue weighted by atomic mass is 10.2. The van der Waals surface area contributed by atoms with Gasteiger partial charge in [0.1, 0.15) is 17.7 Å². The first-order valence-corrected chi connectivity index (χ1v) is 6.32. The van der Waals surface area contributed by atoms with Gasteiger partial charge >= 0.3 is 0 Å². The van der Waals surface area contributed by atoms with Crippen LogP contribution in [0.4, 0.5) is 11.6 Å². The highest BCUT2D eigenvalue weighted by molar-refractivity contribution is 6.31. The first kappa shape index (κ1) is 12.4. The molecule has 2 heterocycles. The van der Waals surface area contributed by atoms with Crippen molar-refractivity contribution in [1.29, 1.82) is 5.26 Å². The van der Waals surface area contributed by atoms with Crippen molar-refractivity contribution in [3.8, 4) is 6.07 Å². The monoisotopic (exact) mass is 280 g/mol. The van der Waals surface area contributed by atoms with Crippen molar-refractivity contribution in [2.24, 2.45) is 0 Å². The number of anilines is 2. The second-order valence-corrected chi connectivity index (χ2v) is 4.64. The summed E-state index contributed by atoms with van der Waals surface area (Å²) >= 11 is 5.94. The van der Waals surface area contributed by atoms with Gasteiger partial charge in [0.15, 0.2) is 0 Å². The molecule has 0 aliphatic heterocycles. The van der Waals surface area contributed by atoms with Crippen LogP contribution in [0.25, 0.3) is 10.9 Å². The zero-order chi connectivity index (χ0) is 13.9. The molecule has 5 heteroatoms. The number of hydrogen-bond donors (Lipinski definition) is 1. The fraction of sp³-hybridized carbons (Fsp3) is 0. The predicted octanol–water partition coefficient (Wildman–Crippen LogP) is 3.90. The van der Waals surface area contributed by atoms with E-state index in [0.717, 1.165) is 10.9 Å². The van der Waals surface area contributed by atoms with Crippen LogP contribution in [-0.4, -0.2) is 9.97 Å². The lowest BCUT2D eigenvalue weighted by molar-refractivity contribution is 1.26. The fourth-order valence-corrected chi connectivity index (χ4v) is 2.01. The Hall–Kier alpha value is -2.64. The van der Waals surface area contributed by atoms with Gasteiger partial charge in [-0.1, -0.05) is 11.6 Å².